The van der Waals surface area contributed by atoms with E-state index in [0.29, 0.717) is 18.4 Å². The van der Waals surface area contributed by atoms with Crippen LogP contribution in [0.4, 0.5) is 0 Å². The lowest BCUT2D eigenvalue weighted by Gasteiger charge is -2.37. The summed E-state index contributed by atoms with van der Waals surface area (Å²) in [4.78, 5) is 14.1. The lowest BCUT2D eigenvalue weighted by atomic mass is 9.93. The molecule has 2 N–H and O–H groups in total. The second-order valence-corrected chi connectivity index (χ2v) is 5.55. The van der Waals surface area contributed by atoms with Gasteiger partial charge in [-0.25, -0.2) is 0 Å². The molecule has 2 atom stereocenters. The molecule has 1 aliphatic heterocycles. The average Bonchev–Trinajstić information content (AvgIpc) is 2.16. The number of amides is 1. The molecule has 0 saturated carbocycles. The van der Waals surface area contributed by atoms with Crippen LogP contribution in [-0.4, -0.2) is 29.4 Å². The first kappa shape index (κ1) is 13.5. The van der Waals surface area contributed by atoms with E-state index in [1.54, 1.807) is 0 Å². The zero-order valence-corrected chi connectivity index (χ0v) is 10.9. The highest BCUT2D eigenvalue weighted by Crippen LogP contribution is 2.23. The van der Waals surface area contributed by atoms with Crippen molar-refractivity contribution < 1.29 is 4.79 Å². The van der Waals surface area contributed by atoms with E-state index in [1.165, 1.54) is 12.8 Å². The molecular weight excluding hydrogens is 200 g/mol. The van der Waals surface area contributed by atoms with Gasteiger partial charge in [-0.1, -0.05) is 13.8 Å². The molecule has 16 heavy (non-hydrogen) atoms. The van der Waals surface area contributed by atoms with Gasteiger partial charge in [0, 0.05) is 25.0 Å². The van der Waals surface area contributed by atoms with Crippen LogP contribution < -0.4 is 5.73 Å². The lowest BCUT2D eigenvalue weighted by Crippen LogP contribution is -2.45. The summed E-state index contributed by atoms with van der Waals surface area (Å²) in [7, 11) is 0. The van der Waals surface area contributed by atoms with Gasteiger partial charge in [0.25, 0.3) is 0 Å². The van der Waals surface area contributed by atoms with E-state index in [4.69, 9.17) is 5.73 Å². The molecule has 0 aromatic rings. The summed E-state index contributed by atoms with van der Waals surface area (Å²) in [5.41, 5.74) is 5.70. The monoisotopic (exact) mass is 226 g/mol. The minimum Gasteiger partial charge on any atom is -0.340 e. The van der Waals surface area contributed by atoms with E-state index in [1.807, 2.05) is 6.92 Å². The summed E-state index contributed by atoms with van der Waals surface area (Å²) >= 11 is 0. The van der Waals surface area contributed by atoms with Crippen molar-refractivity contribution in [2.24, 2.45) is 11.7 Å². The van der Waals surface area contributed by atoms with Crippen LogP contribution >= 0.6 is 0 Å². The zero-order valence-electron chi connectivity index (χ0n) is 10.9. The van der Waals surface area contributed by atoms with Gasteiger partial charge in [-0.2, -0.15) is 0 Å². The molecule has 3 heteroatoms. The van der Waals surface area contributed by atoms with Gasteiger partial charge in [-0.05, 0) is 38.5 Å². The average molecular weight is 226 g/mol. The van der Waals surface area contributed by atoms with E-state index in [9.17, 15) is 4.79 Å². The number of carbonyl (C=O) groups is 1. The summed E-state index contributed by atoms with van der Waals surface area (Å²) in [6, 6.07) is 0.439. The third-order valence-corrected chi connectivity index (χ3v) is 3.19. The van der Waals surface area contributed by atoms with Crippen LogP contribution in [0.1, 0.15) is 52.9 Å². The van der Waals surface area contributed by atoms with Crippen LogP contribution in [-0.2, 0) is 4.79 Å². The minimum absolute atomic E-state index is 0.0193. The fourth-order valence-electron chi connectivity index (χ4n) is 2.51. The van der Waals surface area contributed by atoms with Crippen LogP contribution in [0.25, 0.3) is 0 Å². The molecular formula is C13H26N2O. The van der Waals surface area contributed by atoms with Gasteiger partial charge in [-0.15, -0.1) is 0 Å². The number of hydrogen-bond donors (Lipinski definition) is 1. The molecule has 1 rings (SSSR count). The summed E-state index contributed by atoms with van der Waals surface area (Å²) < 4.78 is 0. The maximum Gasteiger partial charge on any atom is 0.224 e. The Kier molecular flexibility index (Phi) is 5.26. The Hall–Kier alpha value is -0.570. The van der Waals surface area contributed by atoms with Crippen LogP contribution in [0, 0.1) is 5.92 Å². The first-order valence-corrected chi connectivity index (χ1v) is 6.55. The third-order valence-electron chi connectivity index (χ3n) is 3.19. The normalized spacial score (nSPS) is 23.6. The van der Waals surface area contributed by atoms with Gasteiger partial charge in [0.15, 0.2) is 0 Å². The third kappa shape index (κ3) is 4.12. The molecule has 1 saturated heterocycles. The Labute approximate surface area is 99.4 Å². The van der Waals surface area contributed by atoms with Crippen molar-refractivity contribution in [3.63, 3.8) is 0 Å². The molecule has 1 heterocycles. The number of rotatable bonds is 4. The fourth-order valence-corrected chi connectivity index (χ4v) is 2.51. The minimum atomic E-state index is -0.0193. The topological polar surface area (TPSA) is 46.3 Å². The van der Waals surface area contributed by atoms with Gasteiger partial charge in [0.2, 0.25) is 5.91 Å². The zero-order chi connectivity index (χ0) is 12.1. The molecule has 0 spiro atoms. The van der Waals surface area contributed by atoms with Crippen molar-refractivity contribution in [2.45, 2.75) is 65.0 Å². The van der Waals surface area contributed by atoms with E-state index >= 15 is 0 Å². The molecule has 0 bridgehead atoms. The Morgan fingerprint density at radius 2 is 2.06 bits per heavy atom. The van der Waals surface area contributed by atoms with Crippen molar-refractivity contribution in [3.8, 4) is 0 Å². The van der Waals surface area contributed by atoms with E-state index in [-0.39, 0.29) is 11.9 Å². The molecule has 1 aliphatic rings. The predicted molar refractivity (Wildman–Crippen MR) is 67.1 cm³/mol. The molecule has 0 aromatic carbocycles. The Bertz CT molecular complexity index is 226. The largest absolute Gasteiger partial charge is 0.340 e. The maximum atomic E-state index is 12.0. The molecule has 0 aromatic heterocycles. The van der Waals surface area contributed by atoms with Crippen LogP contribution in [0.5, 0.6) is 0 Å². The highest BCUT2D eigenvalue weighted by molar-refractivity contribution is 5.77. The predicted octanol–water partition coefficient (Wildman–Crippen LogP) is 2.15. The SMILES string of the molecule is CC(C)CC1CCCCN1C(=O)CC(C)N. The summed E-state index contributed by atoms with van der Waals surface area (Å²) in [6.07, 6.45) is 5.21. The molecule has 94 valence electrons. The maximum absolute atomic E-state index is 12.0. The van der Waals surface area contributed by atoms with Crippen LogP contribution in [0.2, 0.25) is 0 Å². The quantitative estimate of drug-likeness (QED) is 0.798. The first-order chi connectivity index (χ1) is 7.50. The number of nitrogens with zero attached hydrogens (tertiary/aromatic N) is 1. The Morgan fingerprint density at radius 3 is 2.62 bits per heavy atom. The smallest absolute Gasteiger partial charge is 0.224 e. The number of hydrogen-bond acceptors (Lipinski definition) is 2. The van der Waals surface area contributed by atoms with E-state index < -0.39 is 0 Å². The molecule has 0 aliphatic carbocycles. The second kappa shape index (κ2) is 6.24. The molecule has 2 unspecified atom stereocenters. The number of likely N-dealkylation sites (tertiary alicyclic amines) is 1. The molecule has 3 nitrogen and oxygen atoms in total. The van der Waals surface area contributed by atoms with Gasteiger partial charge in [0.05, 0.1) is 0 Å². The van der Waals surface area contributed by atoms with Gasteiger partial charge >= 0.3 is 0 Å². The number of piperidine rings is 1. The van der Waals surface area contributed by atoms with E-state index in [2.05, 4.69) is 18.7 Å². The molecule has 1 amide bonds. The van der Waals surface area contributed by atoms with Crippen molar-refractivity contribution in [2.75, 3.05) is 6.54 Å². The highest BCUT2D eigenvalue weighted by atomic mass is 16.2. The van der Waals surface area contributed by atoms with Crippen molar-refractivity contribution in [3.05, 3.63) is 0 Å². The number of carbonyl (C=O) groups excluding carboxylic acids is 1. The summed E-state index contributed by atoms with van der Waals surface area (Å²) in [6.45, 7) is 7.29. The fraction of sp³-hybridized carbons (Fsp3) is 0.923. The van der Waals surface area contributed by atoms with Gasteiger partial charge in [-0.3, -0.25) is 4.79 Å². The number of nitrogens with two attached hydrogens (primary N) is 1. The van der Waals surface area contributed by atoms with Gasteiger partial charge < -0.3 is 10.6 Å². The highest BCUT2D eigenvalue weighted by Gasteiger charge is 2.27. The lowest BCUT2D eigenvalue weighted by molar-refractivity contribution is -0.135. The van der Waals surface area contributed by atoms with Crippen molar-refractivity contribution >= 4 is 5.91 Å². The first-order valence-electron chi connectivity index (χ1n) is 6.55. The van der Waals surface area contributed by atoms with Crippen molar-refractivity contribution in [1.82, 2.24) is 4.90 Å². The van der Waals surface area contributed by atoms with Crippen LogP contribution in [0.3, 0.4) is 0 Å². The second-order valence-electron chi connectivity index (χ2n) is 5.55. The summed E-state index contributed by atoms with van der Waals surface area (Å²) in [5, 5.41) is 0. The Balaban J connectivity index is 2.55. The van der Waals surface area contributed by atoms with E-state index in [0.717, 1.165) is 19.4 Å². The summed E-state index contributed by atoms with van der Waals surface area (Å²) in [5.74, 6) is 0.911. The molecule has 1 fully saturated rings. The molecule has 0 radical (unpaired) electrons. The standard InChI is InChI=1S/C13H26N2O/c1-10(2)8-12-6-4-5-7-15(12)13(16)9-11(3)14/h10-12H,4-9,14H2,1-3H3. The van der Waals surface area contributed by atoms with Gasteiger partial charge in [0.1, 0.15) is 0 Å². The Morgan fingerprint density at radius 1 is 1.38 bits per heavy atom. The van der Waals surface area contributed by atoms with Crippen LogP contribution in [0.15, 0.2) is 0 Å². The van der Waals surface area contributed by atoms with Crippen molar-refractivity contribution in [1.29, 1.82) is 0 Å².